The fraction of sp³-hybridized carbons (Fsp3) is 0.528. The number of hydrogen-bond acceptors (Lipinski definition) is 16. The van der Waals surface area contributed by atoms with Gasteiger partial charge < -0.3 is 0 Å². The van der Waals surface area contributed by atoms with Crippen molar-refractivity contribution >= 4 is 199 Å². The topological polar surface area (TPSA) is 74.8 Å². The van der Waals surface area contributed by atoms with Crippen LogP contribution in [0.5, 0.6) is 0 Å². The highest BCUT2D eigenvalue weighted by atomic mass is 32.1. The van der Waals surface area contributed by atoms with Crippen LogP contribution >= 0.6 is 136 Å². The van der Waals surface area contributed by atoms with E-state index in [1.165, 1.54) is 323 Å². The lowest BCUT2D eigenvalue weighted by Crippen LogP contribution is -2.31. The maximum Gasteiger partial charge on any atom is 0.263 e. The third-order valence-electron chi connectivity index (χ3n) is 25.8. The third-order valence-corrected chi connectivity index (χ3v) is 40.6. The Kier molecular flexibility index (Phi) is 35.6. The van der Waals surface area contributed by atoms with E-state index in [9.17, 15) is 19.2 Å². The van der Waals surface area contributed by atoms with Crippen LogP contribution in [0.25, 0.3) is 118 Å². The van der Waals surface area contributed by atoms with Gasteiger partial charge in [0, 0.05) is 112 Å². The van der Waals surface area contributed by atoms with Crippen molar-refractivity contribution in [3.8, 4) is 79.4 Å². The minimum atomic E-state index is -0.133. The van der Waals surface area contributed by atoms with Gasteiger partial charge in [-0.05, 0) is 147 Å². The van der Waals surface area contributed by atoms with Gasteiger partial charge in [-0.3, -0.25) is 29.0 Å². The molecular formula is C106H132N2O4S12. The molecule has 0 radical (unpaired) electrons. The number of amides is 4. The summed E-state index contributed by atoms with van der Waals surface area (Å²) < 4.78 is 8.25. The van der Waals surface area contributed by atoms with Crippen LogP contribution in [0, 0.1) is 0 Å². The van der Waals surface area contributed by atoms with Crippen LogP contribution < -0.4 is 0 Å². The zero-order chi connectivity index (χ0) is 85.7. The molecule has 0 atom stereocenters. The number of rotatable bonds is 58. The Bertz CT molecular complexity index is 5190. The number of carbonyl (C=O) groups excluding carboxylic acids is 4. The first-order valence-electron chi connectivity index (χ1n) is 48.5. The van der Waals surface area contributed by atoms with Gasteiger partial charge in [-0.15, -0.1) is 136 Å². The first-order valence-corrected chi connectivity index (χ1v) is 58.4. The number of unbranched alkanes of at least 4 members (excludes halogenated alkanes) is 38. The molecule has 4 amide bonds. The quantitative estimate of drug-likeness (QED) is 0.0281. The number of aryl methyl sites for hydroxylation is 4. The van der Waals surface area contributed by atoms with Gasteiger partial charge in [0.15, 0.2) is 0 Å². The monoisotopic (exact) mass is 1880 g/mol. The average Bonchev–Trinajstić information content (AvgIpc) is 1.53. The number of fused-ring (bicyclic) bond motifs is 8. The van der Waals surface area contributed by atoms with Crippen LogP contribution in [0.1, 0.15) is 386 Å². The molecule has 0 aliphatic carbocycles. The maximum atomic E-state index is 14.9. The Morgan fingerprint density at radius 1 is 0.234 bits per heavy atom. The highest BCUT2D eigenvalue weighted by Crippen LogP contribution is 2.61. The van der Waals surface area contributed by atoms with Crippen LogP contribution in [-0.4, -0.2) is 46.5 Å². The summed E-state index contributed by atoms with van der Waals surface area (Å²) in [4.78, 5) is 81.2. The largest absolute Gasteiger partial charge is 0.274 e. The summed E-state index contributed by atoms with van der Waals surface area (Å²) in [5.74, 6) is -0.529. The minimum Gasteiger partial charge on any atom is -0.274 e. The normalized spacial score (nSPS) is 13.1. The second-order valence-electron chi connectivity index (χ2n) is 35.4. The predicted octanol–water partition coefficient (Wildman–Crippen LogP) is 39.0. The zero-order valence-electron chi connectivity index (χ0n) is 74.9. The molecule has 2 aliphatic rings. The van der Waals surface area contributed by atoms with Gasteiger partial charge in [0.2, 0.25) is 0 Å². The molecule has 12 aromatic heterocycles. The summed E-state index contributed by atoms with van der Waals surface area (Å²) in [7, 11) is 0. The van der Waals surface area contributed by atoms with Crippen molar-refractivity contribution in [3.63, 3.8) is 0 Å². The molecule has 662 valence electrons. The SMILES string of the molecule is CCCCCCCCCCc1cc(-c2c3sc4cc(-c5ccc(-c6sc(-c7cccs7)c7c6C(=O)N(CCCCCCCC)C7=O)s5)sc4c3c(-c3cc(CCCCCCCCCC)c(CCCCCCCCCC)s3)c3sc4cc(-c5ccc(-c6sc(-c7cccs7)c7c6C(=O)N(CCCCCCCC)C7=O)s5)sc4c23)sc1CCCCCCCCCC. The standard InChI is InChI=1S/C106H132N2O4S12/c1-7-13-19-25-31-35-39-45-53-71-67-83(115-73(71)55-47-41-37-33-27-21-15-9-3)87-89-99-85(69-81(119-99)75-59-61-79(117-75)97-93-91(95(123-97)77-57-51-65-113-77)103(109)107(105(93)111)63-49-43-29-23-17-11-5)122-102(89)88(84-68-72(54-46-40-36-32-26-20-14-8-2)74(116-84)56-48-42-38-34-28-22-16-10-4)90-100-86(121-101(87)90)70-82(120-100)76-60-62-80(118-76)98-94-92(96(124-98)78-58-52-66-114-78)104(110)108(106(94)112)64-50-44-30-24-18-12-6/h51-52,57-62,65-70H,7-50,53-56,63-64H2,1-6H3. The highest BCUT2D eigenvalue weighted by Gasteiger charge is 2.45. The van der Waals surface area contributed by atoms with Gasteiger partial charge in [0.25, 0.3) is 23.6 Å². The lowest BCUT2D eigenvalue weighted by molar-refractivity contribution is 0.0636. The molecule has 0 N–H and O–H groups in total. The van der Waals surface area contributed by atoms with Crippen molar-refractivity contribution in [3.05, 3.63) is 127 Å². The lowest BCUT2D eigenvalue weighted by atomic mass is 9.97. The van der Waals surface area contributed by atoms with E-state index in [2.05, 4.69) is 148 Å². The second kappa shape index (κ2) is 47.2. The van der Waals surface area contributed by atoms with E-state index < -0.39 is 0 Å². The number of hydrogen-bond donors (Lipinski definition) is 0. The first-order chi connectivity index (χ1) is 61.0. The summed E-state index contributed by atoms with van der Waals surface area (Å²) in [6.45, 7) is 14.7. The molecule has 6 nitrogen and oxygen atoms in total. The summed E-state index contributed by atoms with van der Waals surface area (Å²) in [6.07, 6.45) is 59.6. The Morgan fingerprint density at radius 2 is 0.524 bits per heavy atom. The number of carbonyl (C=O) groups is 4. The number of imide groups is 2. The lowest BCUT2D eigenvalue weighted by Gasteiger charge is -2.14. The molecule has 0 unspecified atom stereocenters. The Balaban J connectivity index is 0.879. The van der Waals surface area contributed by atoms with Crippen molar-refractivity contribution in [1.29, 1.82) is 0 Å². The molecule has 1 aromatic carbocycles. The molecule has 0 saturated heterocycles. The molecule has 124 heavy (non-hydrogen) atoms. The number of nitrogens with zero attached hydrogens (tertiary/aromatic N) is 2. The summed E-state index contributed by atoms with van der Waals surface area (Å²) in [5, 5.41) is 7.01. The highest BCUT2D eigenvalue weighted by molar-refractivity contribution is 7.38. The van der Waals surface area contributed by atoms with Gasteiger partial charge in [-0.2, -0.15) is 0 Å². The fourth-order valence-corrected chi connectivity index (χ4v) is 33.8. The fourth-order valence-electron chi connectivity index (χ4n) is 18.9. The van der Waals surface area contributed by atoms with Gasteiger partial charge in [0.05, 0.1) is 51.2 Å². The predicted molar refractivity (Wildman–Crippen MR) is 557 cm³/mol. The van der Waals surface area contributed by atoms with Crippen LogP contribution in [0.4, 0.5) is 0 Å². The minimum absolute atomic E-state index is 0.132. The molecule has 0 fully saturated rings. The molecule has 2 aliphatic heterocycles. The van der Waals surface area contributed by atoms with E-state index in [1.54, 1.807) is 98.7 Å². The molecule has 18 heteroatoms. The van der Waals surface area contributed by atoms with E-state index in [0.29, 0.717) is 35.3 Å². The molecule has 0 saturated carbocycles. The zero-order valence-corrected chi connectivity index (χ0v) is 84.7. The van der Waals surface area contributed by atoms with E-state index >= 15 is 0 Å². The van der Waals surface area contributed by atoms with Gasteiger partial charge in [-0.25, -0.2) is 0 Å². The Labute approximate surface area is 788 Å². The molecule has 0 spiro atoms. The Hall–Kier alpha value is -5.06. The van der Waals surface area contributed by atoms with Gasteiger partial charge >= 0.3 is 0 Å². The molecule has 0 bridgehead atoms. The summed E-state index contributed by atoms with van der Waals surface area (Å²) in [5.41, 5.74) is 8.41. The molecule has 13 aromatic rings. The van der Waals surface area contributed by atoms with E-state index in [0.717, 1.165) is 103 Å². The third kappa shape index (κ3) is 22.1. The van der Waals surface area contributed by atoms with Crippen molar-refractivity contribution in [2.45, 2.75) is 350 Å². The second-order valence-corrected chi connectivity index (χ2v) is 47.9. The van der Waals surface area contributed by atoms with Gasteiger partial charge in [-0.1, -0.05) is 298 Å². The van der Waals surface area contributed by atoms with Gasteiger partial charge in [0.1, 0.15) is 0 Å². The number of benzene rings is 1. The number of thiophene rings is 12. The molecule has 15 rings (SSSR count). The van der Waals surface area contributed by atoms with Crippen LogP contribution in [0.3, 0.4) is 0 Å². The van der Waals surface area contributed by atoms with E-state index in [1.807, 2.05) is 45.3 Å². The van der Waals surface area contributed by atoms with Crippen molar-refractivity contribution < 1.29 is 19.2 Å². The molecular weight excluding hydrogens is 1750 g/mol. The van der Waals surface area contributed by atoms with Crippen molar-refractivity contribution in [2.24, 2.45) is 0 Å². The first kappa shape index (κ1) is 93.6. The van der Waals surface area contributed by atoms with Crippen molar-refractivity contribution in [2.75, 3.05) is 13.1 Å². The van der Waals surface area contributed by atoms with E-state index in [4.69, 9.17) is 0 Å². The Morgan fingerprint density at radius 3 is 0.839 bits per heavy atom. The van der Waals surface area contributed by atoms with E-state index in [-0.39, 0.29) is 23.6 Å². The average molecular weight is 1880 g/mol. The van der Waals surface area contributed by atoms with Crippen molar-refractivity contribution in [1.82, 2.24) is 9.80 Å². The summed E-state index contributed by atoms with van der Waals surface area (Å²) in [6, 6.07) is 27.9. The van der Waals surface area contributed by atoms with Crippen LogP contribution in [0.2, 0.25) is 0 Å². The molecule has 14 heterocycles. The van der Waals surface area contributed by atoms with Crippen LogP contribution in [-0.2, 0) is 25.7 Å². The summed E-state index contributed by atoms with van der Waals surface area (Å²) >= 11 is 22.4. The smallest absolute Gasteiger partial charge is 0.263 e. The maximum absolute atomic E-state index is 14.9. The van der Waals surface area contributed by atoms with Crippen LogP contribution in [0.15, 0.2) is 83.6 Å².